The predicted molar refractivity (Wildman–Crippen MR) is 85.3 cm³/mol. The first-order valence-electron chi connectivity index (χ1n) is 6.89. The van der Waals surface area contributed by atoms with Crippen LogP contribution >= 0.6 is 11.3 Å². The fourth-order valence-corrected chi connectivity index (χ4v) is 2.90. The van der Waals surface area contributed by atoms with Crippen LogP contribution in [0.5, 0.6) is 5.75 Å². The van der Waals surface area contributed by atoms with Crippen molar-refractivity contribution in [3.8, 4) is 5.75 Å². The number of carbonyl (C=O) groups is 1. The highest BCUT2D eigenvalue weighted by Crippen LogP contribution is 2.24. The fourth-order valence-electron chi connectivity index (χ4n) is 2.12. The molecule has 0 spiro atoms. The second kappa shape index (κ2) is 6.06. The van der Waals surface area contributed by atoms with Gasteiger partial charge >= 0.3 is 0 Å². The Morgan fingerprint density at radius 3 is 3.00 bits per heavy atom. The van der Waals surface area contributed by atoms with Crippen molar-refractivity contribution in [2.75, 3.05) is 6.61 Å². The quantitative estimate of drug-likeness (QED) is 0.658. The van der Waals surface area contributed by atoms with E-state index in [0.29, 0.717) is 23.5 Å². The number of para-hydroxylation sites is 1. The summed E-state index contributed by atoms with van der Waals surface area (Å²) in [6.45, 7) is 2.64. The van der Waals surface area contributed by atoms with E-state index in [1.54, 1.807) is 23.6 Å². The summed E-state index contributed by atoms with van der Waals surface area (Å²) in [5, 5.41) is 1.98. The van der Waals surface area contributed by atoms with E-state index in [1.165, 1.54) is 0 Å². The molecule has 0 N–H and O–H groups in total. The van der Waals surface area contributed by atoms with Gasteiger partial charge in [0.1, 0.15) is 5.75 Å². The van der Waals surface area contributed by atoms with Crippen LogP contribution in [0.1, 0.15) is 29.3 Å². The van der Waals surface area contributed by atoms with Gasteiger partial charge in [-0.15, -0.1) is 11.3 Å². The molecule has 3 aromatic rings. The molecule has 2 aromatic heterocycles. The van der Waals surface area contributed by atoms with Crippen molar-refractivity contribution in [1.82, 2.24) is 4.98 Å². The topological polar surface area (TPSA) is 39.2 Å². The van der Waals surface area contributed by atoms with Crippen molar-refractivity contribution in [3.63, 3.8) is 0 Å². The van der Waals surface area contributed by atoms with E-state index in [1.807, 2.05) is 42.6 Å². The molecule has 0 aliphatic rings. The van der Waals surface area contributed by atoms with Gasteiger partial charge in [0.25, 0.3) is 0 Å². The maximum atomic E-state index is 12.7. The van der Waals surface area contributed by atoms with E-state index >= 15 is 0 Å². The summed E-state index contributed by atoms with van der Waals surface area (Å²) < 4.78 is 6.68. The van der Waals surface area contributed by atoms with Crippen LogP contribution in [0.3, 0.4) is 0 Å². The van der Waals surface area contributed by atoms with Gasteiger partial charge in [-0.25, -0.2) is 0 Å². The molecule has 3 rings (SSSR count). The molecule has 0 saturated carbocycles. The molecule has 3 nitrogen and oxygen atoms in total. The summed E-state index contributed by atoms with van der Waals surface area (Å²) in [5.41, 5.74) is 2.10. The molecule has 0 amide bonds. The average molecular weight is 297 g/mol. The van der Waals surface area contributed by atoms with Gasteiger partial charge in [0, 0.05) is 11.8 Å². The molecule has 0 unspecified atom stereocenters. The molecule has 0 atom stereocenters. The standard InChI is InChI=1S/C17H15NO2S/c1-2-8-20-15-6-4-3-5-13(15)17(19)12-10-16-14(18-11-12)7-9-21-16/h3-7,9-11H,2,8H2,1H3. The number of carbonyl (C=O) groups excluding carboxylic acids is 1. The van der Waals surface area contributed by atoms with E-state index < -0.39 is 0 Å². The molecule has 0 bridgehead atoms. The Morgan fingerprint density at radius 1 is 1.29 bits per heavy atom. The normalized spacial score (nSPS) is 10.7. The molecule has 2 heterocycles. The van der Waals surface area contributed by atoms with E-state index in [4.69, 9.17) is 4.74 Å². The largest absolute Gasteiger partial charge is 0.493 e. The lowest BCUT2D eigenvalue weighted by atomic mass is 10.0. The van der Waals surface area contributed by atoms with E-state index in [0.717, 1.165) is 16.6 Å². The Hall–Kier alpha value is -2.20. The number of hydrogen-bond donors (Lipinski definition) is 0. The summed E-state index contributed by atoms with van der Waals surface area (Å²) >= 11 is 1.59. The molecule has 0 aliphatic carbocycles. The van der Waals surface area contributed by atoms with Crippen LogP contribution in [-0.2, 0) is 0 Å². The second-order valence-corrected chi connectivity index (χ2v) is 5.65. The maximum Gasteiger partial charge on any atom is 0.198 e. The summed E-state index contributed by atoms with van der Waals surface area (Å²) in [5.74, 6) is 0.583. The number of fused-ring (bicyclic) bond motifs is 1. The van der Waals surface area contributed by atoms with Gasteiger partial charge in [-0.3, -0.25) is 9.78 Å². The van der Waals surface area contributed by atoms with Crippen molar-refractivity contribution in [3.05, 3.63) is 59.1 Å². The number of rotatable bonds is 5. The Bertz CT molecular complexity index is 779. The third kappa shape index (κ3) is 2.81. The van der Waals surface area contributed by atoms with E-state index in [2.05, 4.69) is 4.98 Å². The van der Waals surface area contributed by atoms with Crippen LogP contribution in [0.15, 0.2) is 48.0 Å². The Labute approximate surface area is 127 Å². The van der Waals surface area contributed by atoms with Crippen LogP contribution in [0.25, 0.3) is 10.2 Å². The molecule has 0 radical (unpaired) electrons. The van der Waals surface area contributed by atoms with Crippen molar-refractivity contribution in [2.45, 2.75) is 13.3 Å². The maximum absolute atomic E-state index is 12.7. The van der Waals surface area contributed by atoms with E-state index in [9.17, 15) is 4.79 Å². The highest BCUT2D eigenvalue weighted by Gasteiger charge is 2.15. The van der Waals surface area contributed by atoms with Crippen LogP contribution in [0.2, 0.25) is 0 Å². The summed E-state index contributed by atoms with van der Waals surface area (Å²) in [4.78, 5) is 17.0. The van der Waals surface area contributed by atoms with Crippen LogP contribution in [0, 0.1) is 0 Å². The zero-order valence-corrected chi connectivity index (χ0v) is 12.5. The summed E-state index contributed by atoms with van der Waals surface area (Å²) in [7, 11) is 0. The molecule has 21 heavy (non-hydrogen) atoms. The summed E-state index contributed by atoms with van der Waals surface area (Å²) in [6.07, 6.45) is 2.54. The molecule has 4 heteroatoms. The first-order chi connectivity index (χ1) is 10.3. The van der Waals surface area contributed by atoms with Crippen molar-refractivity contribution < 1.29 is 9.53 Å². The van der Waals surface area contributed by atoms with Crippen LogP contribution in [0.4, 0.5) is 0 Å². The SMILES string of the molecule is CCCOc1ccccc1C(=O)c1cnc2ccsc2c1. The van der Waals surface area contributed by atoms with Gasteiger partial charge in [0.15, 0.2) is 5.78 Å². The van der Waals surface area contributed by atoms with Gasteiger partial charge in [-0.2, -0.15) is 0 Å². The molecule has 0 aliphatic heterocycles. The van der Waals surface area contributed by atoms with Gasteiger partial charge in [0.05, 0.1) is 22.4 Å². The van der Waals surface area contributed by atoms with Crippen molar-refractivity contribution in [2.24, 2.45) is 0 Å². The number of thiophene rings is 1. The highest BCUT2D eigenvalue weighted by atomic mass is 32.1. The van der Waals surface area contributed by atoms with Gasteiger partial charge in [-0.05, 0) is 36.1 Å². The Kier molecular flexibility index (Phi) is 3.97. The number of ether oxygens (including phenoxy) is 1. The minimum atomic E-state index is -0.0514. The minimum absolute atomic E-state index is 0.0514. The third-order valence-corrected chi connectivity index (χ3v) is 4.01. The Morgan fingerprint density at radius 2 is 2.14 bits per heavy atom. The lowest BCUT2D eigenvalue weighted by Crippen LogP contribution is -2.06. The average Bonchev–Trinajstić information content (AvgIpc) is 3.00. The minimum Gasteiger partial charge on any atom is -0.493 e. The zero-order chi connectivity index (χ0) is 14.7. The number of aromatic nitrogens is 1. The van der Waals surface area contributed by atoms with Crippen molar-refractivity contribution >= 4 is 27.3 Å². The predicted octanol–water partition coefficient (Wildman–Crippen LogP) is 4.32. The Balaban J connectivity index is 1.97. The monoisotopic (exact) mass is 297 g/mol. The van der Waals surface area contributed by atoms with Gasteiger partial charge in [0.2, 0.25) is 0 Å². The summed E-state index contributed by atoms with van der Waals surface area (Å²) in [6, 6.07) is 11.2. The number of pyridine rings is 1. The number of hydrogen-bond acceptors (Lipinski definition) is 4. The fraction of sp³-hybridized carbons (Fsp3) is 0.176. The smallest absolute Gasteiger partial charge is 0.198 e. The number of nitrogens with zero attached hydrogens (tertiary/aromatic N) is 1. The molecular weight excluding hydrogens is 282 g/mol. The van der Waals surface area contributed by atoms with Gasteiger partial charge < -0.3 is 4.74 Å². The van der Waals surface area contributed by atoms with Gasteiger partial charge in [-0.1, -0.05) is 19.1 Å². The first kappa shape index (κ1) is 13.8. The van der Waals surface area contributed by atoms with Crippen LogP contribution < -0.4 is 4.74 Å². The molecule has 0 saturated heterocycles. The van der Waals surface area contributed by atoms with Crippen LogP contribution in [-0.4, -0.2) is 17.4 Å². The molecule has 106 valence electrons. The number of benzene rings is 1. The molecule has 0 fully saturated rings. The lowest BCUT2D eigenvalue weighted by Gasteiger charge is -2.09. The number of ketones is 1. The first-order valence-corrected chi connectivity index (χ1v) is 7.77. The lowest BCUT2D eigenvalue weighted by molar-refractivity contribution is 0.103. The zero-order valence-electron chi connectivity index (χ0n) is 11.7. The van der Waals surface area contributed by atoms with Crippen molar-refractivity contribution in [1.29, 1.82) is 0 Å². The van der Waals surface area contributed by atoms with E-state index in [-0.39, 0.29) is 5.78 Å². The molecule has 1 aromatic carbocycles. The highest BCUT2D eigenvalue weighted by molar-refractivity contribution is 7.17. The molecular formula is C17H15NO2S. The second-order valence-electron chi connectivity index (χ2n) is 4.70. The third-order valence-electron chi connectivity index (χ3n) is 3.16.